The van der Waals surface area contributed by atoms with E-state index in [9.17, 15) is 9.59 Å². The fourth-order valence-corrected chi connectivity index (χ4v) is 5.42. The standard InChI is InChI=1S/C30H36N4O2/c1-21(2)23-14-16-24(17-15-23)26-18-27-28(35)33(19-22-10-6-4-7-11-22)30(3,20-34(27)32-26)29(36)31-25-12-8-5-9-13-25/h4,6-7,10-11,14-18,21,25H,5,8-9,12-13,19-20H2,1-3H3,(H,31,36)/t30-/m1/s1. The highest BCUT2D eigenvalue weighted by Gasteiger charge is 2.48. The van der Waals surface area contributed by atoms with Gasteiger partial charge in [-0.25, -0.2) is 0 Å². The minimum absolute atomic E-state index is 0.0948. The number of aromatic nitrogens is 2. The molecule has 6 heteroatoms. The molecule has 2 aliphatic rings. The minimum atomic E-state index is -1.04. The second-order valence-corrected chi connectivity index (χ2v) is 10.8. The summed E-state index contributed by atoms with van der Waals surface area (Å²) in [6, 6.07) is 20.3. The first-order chi connectivity index (χ1) is 17.3. The van der Waals surface area contributed by atoms with Gasteiger partial charge < -0.3 is 10.2 Å². The quantitative estimate of drug-likeness (QED) is 0.500. The van der Waals surface area contributed by atoms with E-state index in [-0.39, 0.29) is 17.9 Å². The molecule has 1 aliphatic heterocycles. The van der Waals surface area contributed by atoms with E-state index < -0.39 is 5.54 Å². The van der Waals surface area contributed by atoms with Gasteiger partial charge in [0.2, 0.25) is 5.91 Å². The summed E-state index contributed by atoms with van der Waals surface area (Å²) in [6.07, 6.45) is 5.49. The maximum absolute atomic E-state index is 13.9. The summed E-state index contributed by atoms with van der Waals surface area (Å²) in [5.74, 6) is 0.192. The van der Waals surface area contributed by atoms with Crippen molar-refractivity contribution in [3.8, 4) is 11.3 Å². The van der Waals surface area contributed by atoms with Crippen LogP contribution in [0.4, 0.5) is 0 Å². The van der Waals surface area contributed by atoms with Crippen LogP contribution < -0.4 is 5.32 Å². The van der Waals surface area contributed by atoms with Crippen molar-refractivity contribution in [3.63, 3.8) is 0 Å². The van der Waals surface area contributed by atoms with E-state index in [1.165, 1.54) is 12.0 Å². The van der Waals surface area contributed by atoms with E-state index >= 15 is 0 Å². The Bertz CT molecular complexity index is 1230. The Morgan fingerprint density at radius 3 is 2.42 bits per heavy atom. The van der Waals surface area contributed by atoms with Crippen LogP contribution in [0.5, 0.6) is 0 Å². The molecule has 0 saturated heterocycles. The van der Waals surface area contributed by atoms with Gasteiger partial charge in [-0.2, -0.15) is 5.10 Å². The summed E-state index contributed by atoms with van der Waals surface area (Å²) < 4.78 is 1.73. The van der Waals surface area contributed by atoms with Gasteiger partial charge in [0.25, 0.3) is 5.91 Å². The van der Waals surface area contributed by atoms with E-state index in [4.69, 9.17) is 5.10 Å². The second kappa shape index (κ2) is 9.92. The number of rotatable bonds is 6. The van der Waals surface area contributed by atoms with Crippen LogP contribution in [-0.2, 0) is 17.9 Å². The number of carbonyl (C=O) groups excluding carboxylic acids is 2. The molecular weight excluding hydrogens is 448 g/mol. The predicted molar refractivity (Wildman–Crippen MR) is 141 cm³/mol. The fourth-order valence-electron chi connectivity index (χ4n) is 5.42. The molecule has 0 unspecified atom stereocenters. The Balaban J connectivity index is 1.49. The van der Waals surface area contributed by atoms with Crippen LogP contribution in [0.2, 0.25) is 0 Å². The van der Waals surface area contributed by atoms with Crippen LogP contribution in [0.3, 0.4) is 0 Å². The Hall–Kier alpha value is -3.41. The zero-order chi connectivity index (χ0) is 25.3. The van der Waals surface area contributed by atoms with Gasteiger partial charge in [-0.3, -0.25) is 14.3 Å². The number of hydrogen-bond donors (Lipinski definition) is 1. The van der Waals surface area contributed by atoms with Gasteiger partial charge in [0.05, 0.1) is 12.2 Å². The number of benzene rings is 2. The lowest BCUT2D eigenvalue weighted by Crippen LogP contribution is -2.64. The Morgan fingerprint density at radius 2 is 1.75 bits per heavy atom. The van der Waals surface area contributed by atoms with Gasteiger partial charge in [-0.15, -0.1) is 0 Å². The summed E-state index contributed by atoms with van der Waals surface area (Å²) in [6.45, 7) is 6.92. The molecule has 1 aromatic heterocycles. The zero-order valence-corrected chi connectivity index (χ0v) is 21.5. The molecule has 2 heterocycles. The molecule has 0 radical (unpaired) electrons. The average molecular weight is 485 g/mol. The molecular formula is C30H36N4O2. The van der Waals surface area contributed by atoms with E-state index in [1.807, 2.05) is 43.3 Å². The highest BCUT2D eigenvalue weighted by molar-refractivity contribution is 6.00. The highest BCUT2D eigenvalue weighted by atomic mass is 16.2. The van der Waals surface area contributed by atoms with Gasteiger partial charge in [-0.1, -0.05) is 87.7 Å². The van der Waals surface area contributed by atoms with Crippen molar-refractivity contribution in [2.75, 3.05) is 0 Å². The molecule has 36 heavy (non-hydrogen) atoms. The lowest BCUT2D eigenvalue weighted by molar-refractivity contribution is -0.134. The molecule has 0 bridgehead atoms. The van der Waals surface area contributed by atoms with Crippen LogP contribution in [0, 0.1) is 0 Å². The Kier molecular flexibility index (Phi) is 6.69. The molecule has 3 aromatic rings. The van der Waals surface area contributed by atoms with Crippen molar-refractivity contribution < 1.29 is 9.59 Å². The predicted octanol–water partition coefficient (Wildman–Crippen LogP) is 5.54. The van der Waals surface area contributed by atoms with E-state index in [1.54, 1.807) is 9.58 Å². The van der Waals surface area contributed by atoms with Crippen LogP contribution >= 0.6 is 0 Å². The van der Waals surface area contributed by atoms with Crippen molar-refractivity contribution in [2.45, 2.75) is 83.5 Å². The SMILES string of the molecule is CC(C)c1ccc(-c2cc3n(n2)C[C@](C)(C(=O)NC2CCCCC2)N(Cc2ccccc2)C3=O)cc1. The topological polar surface area (TPSA) is 67.2 Å². The minimum Gasteiger partial charge on any atom is -0.351 e. The third kappa shape index (κ3) is 4.69. The van der Waals surface area contributed by atoms with Crippen molar-refractivity contribution in [1.82, 2.24) is 20.0 Å². The lowest BCUT2D eigenvalue weighted by Gasteiger charge is -2.44. The molecule has 0 spiro atoms. The number of fused-ring (bicyclic) bond motifs is 1. The van der Waals surface area contributed by atoms with E-state index in [2.05, 4.69) is 43.4 Å². The van der Waals surface area contributed by atoms with Gasteiger partial charge in [0, 0.05) is 18.2 Å². The normalized spacial score (nSPS) is 20.4. The Morgan fingerprint density at radius 1 is 1.06 bits per heavy atom. The van der Waals surface area contributed by atoms with Crippen LogP contribution in [-0.4, -0.2) is 38.1 Å². The van der Waals surface area contributed by atoms with Gasteiger partial charge >= 0.3 is 0 Å². The molecule has 2 aromatic carbocycles. The van der Waals surface area contributed by atoms with Gasteiger partial charge in [0.1, 0.15) is 11.2 Å². The Labute approximate surface area is 213 Å². The van der Waals surface area contributed by atoms with Crippen molar-refractivity contribution >= 4 is 11.8 Å². The lowest BCUT2D eigenvalue weighted by atomic mass is 9.91. The molecule has 1 aliphatic carbocycles. The number of hydrogen-bond acceptors (Lipinski definition) is 3. The van der Waals surface area contributed by atoms with Crippen LogP contribution in [0.15, 0.2) is 60.7 Å². The van der Waals surface area contributed by atoms with Crippen molar-refractivity contribution in [3.05, 3.63) is 77.5 Å². The molecule has 2 amide bonds. The van der Waals surface area contributed by atoms with E-state index in [0.717, 1.165) is 42.5 Å². The summed E-state index contributed by atoms with van der Waals surface area (Å²) in [5, 5.41) is 8.08. The molecule has 5 rings (SSSR count). The first kappa shape index (κ1) is 24.3. The molecule has 6 nitrogen and oxygen atoms in total. The fraction of sp³-hybridized carbons (Fsp3) is 0.433. The van der Waals surface area contributed by atoms with Crippen molar-refractivity contribution in [1.29, 1.82) is 0 Å². The summed E-state index contributed by atoms with van der Waals surface area (Å²) in [5.41, 5.74) is 3.47. The van der Waals surface area contributed by atoms with Crippen molar-refractivity contribution in [2.24, 2.45) is 0 Å². The summed E-state index contributed by atoms with van der Waals surface area (Å²) in [4.78, 5) is 29.4. The molecule has 1 N–H and O–H groups in total. The maximum Gasteiger partial charge on any atom is 0.273 e. The summed E-state index contributed by atoms with van der Waals surface area (Å²) >= 11 is 0. The first-order valence-electron chi connectivity index (χ1n) is 13.2. The monoisotopic (exact) mass is 484 g/mol. The largest absolute Gasteiger partial charge is 0.351 e. The number of carbonyl (C=O) groups is 2. The molecule has 1 fully saturated rings. The summed E-state index contributed by atoms with van der Waals surface area (Å²) in [7, 11) is 0. The average Bonchev–Trinajstić information content (AvgIpc) is 3.32. The second-order valence-electron chi connectivity index (χ2n) is 10.8. The number of nitrogens with zero attached hydrogens (tertiary/aromatic N) is 3. The van der Waals surface area contributed by atoms with Gasteiger partial charge in [-0.05, 0) is 42.9 Å². The third-order valence-corrected chi connectivity index (χ3v) is 7.78. The highest BCUT2D eigenvalue weighted by Crippen LogP contribution is 2.32. The zero-order valence-electron chi connectivity index (χ0n) is 21.5. The molecule has 1 atom stereocenters. The third-order valence-electron chi connectivity index (χ3n) is 7.78. The van der Waals surface area contributed by atoms with Crippen LogP contribution in [0.1, 0.15) is 80.4 Å². The van der Waals surface area contributed by atoms with Gasteiger partial charge in [0.15, 0.2) is 0 Å². The van der Waals surface area contributed by atoms with Crippen LogP contribution in [0.25, 0.3) is 11.3 Å². The molecule has 1 saturated carbocycles. The number of amides is 2. The maximum atomic E-state index is 13.9. The number of nitrogens with one attached hydrogen (secondary N) is 1. The van der Waals surface area contributed by atoms with E-state index in [0.29, 0.717) is 24.7 Å². The molecule has 188 valence electrons. The first-order valence-corrected chi connectivity index (χ1v) is 13.2. The smallest absolute Gasteiger partial charge is 0.273 e.